The van der Waals surface area contributed by atoms with Crippen LogP contribution >= 0.6 is 0 Å². The van der Waals surface area contributed by atoms with Crippen molar-refractivity contribution in [2.45, 2.75) is 45.1 Å². The predicted octanol–water partition coefficient (Wildman–Crippen LogP) is 2.85. The molecule has 1 aliphatic rings. The van der Waals surface area contributed by atoms with Gasteiger partial charge in [0.2, 0.25) is 0 Å². The van der Waals surface area contributed by atoms with Crippen molar-refractivity contribution in [2.75, 3.05) is 0 Å². The third-order valence-electron chi connectivity index (χ3n) is 4.66. The maximum atomic E-state index is 10.6. The van der Waals surface area contributed by atoms with Gasteiger partial charge in [-0.2, -0.15) is 0 Å². The molecule has 4 heterocycles. The van der Waals surface area contributed by atoms with E-state index in [0.717, 1.165) is 40.8 Å². The molecule has 1 fully saturated rings. The SMILES string of the molecule is Cc1cc(C(O)C2CCC(n3ccc4c(C)ncnc43)O2)ccn1. The van der Waals surface area contributed by atoms with Crippen molar-refractivity contribution in [3.63, 3.8) is 0 Å². The van der Waals surface area contributed by atoms with Gasteiger partial charge >= 0.3 is 0 Å². The Morgan fingerprint density at radius 2 is 2.08 bits per heavy atom. The molecule has 3 aromatic heterocycles. The minimum absolute atomic E-state index is 0.112. The molecular formula is C18H20N4O2. The average Bonchev–Trinajstić information content (AvgIpc) is 3.21. The summed E-state index contributed by atoms with van der Waals surface area (Å²) in [5.41, 5.74) is 3.58. The molecule has 0 aromatic carbocycles. The third-order valence-corrected chi connectivity index (χ3v) is 4.66. The summed E-state index contributed by atoms with van der Waals surface area (Å²) >= 11 is 0. The first-order valence-electron chi connectivity index (χ1n) is 8.17. The predicted molar refractivity (Wildman–Crippen MR) is 89.3 cm³/mol. The maximum absolute atomic E-state index is 10.6. The van der Waals surface area contributed by atoms with Crippen LogP contribution in [-0.2, 0) is 4.74 Å². The highest BCUT2D eigenvalue weighted by molar-refractivity contribution is 5.78. The zero-order chi connectivity index (χ0) is 16.7. The Morgan fingerprint density at radius 3 is 2.92 bits per heavy atom. The van der Waals surface area contributed by atoms with Crippen molar-refractivity contribution < 1.29 is 9.84 Å². The molecular weight excluding hydrogens is 304 g/mol. The number of aliphatic hydroxyl groups is 1. The first-order valence-corrected chi connectivity index (χ1v) is 8.17. The molecule has 0 spiro atoms. The third kappa shape index (κ3) is 2.57. The van der Waals surface area contributed by atoms with Crippen LogP contribution in [0.5, 0.6) is 0 Å². The number of aliphatic hydroxyl groups excluding tert-OH is 1. The van der Waals surface area contributed by atoms with Gasteiger partial charge in [0.1, 0.15) is 24.3 Å². The lowest BCUT2D eigenvalue weighted by molar-refractivity contribution is -0.0590. The van der Waals surface area contributed by atoms with Crippen LogP contribution in [-0.4, -0.2) is 30.7 Å². The molecule has 124 valence electrons. The average molecular weight is 324 g/mol. The number of hydrogen-bond donors (Lipinski definition) is 1. The van der Waals surface area contributed by atoms with E-state index in [2.05, 4.69) is 15.0 Å². The van der Waals surface area contributed by atoms with Crippen molar-refractivity contribution in [2.24, 2.45) is 0 Å². The van der Waals surface area contributed by atoms with Gasteiger partial charge in [0.25, 0.3) is 0 Å². The fraction of sp³-hybridized carbons (Fsp3) is 0.389. The van der Waals surface area contributed by atoms with Gasteiger partial charge < -0.3 is 14.4 Å². The van der Waals surface area contributed by atoms with E-state index in [4.69, 9.17) is 4.74 Å². The zero-order valence-electron chi connectivity index (χ0n) is 13.8. The fourth-order valence-corrected chi connectivity index (χ4v) is 3.38. The maximum Gasteiger partial charge on any atom is 0.145 e. The molecule has 1 aliphatic heterocycles. The molecule has 0 radical (unpaired) electrons. The zero-order valence-corrected chi connectivity index (χ0v) is 13.8. The molecule has 6 heteroatoms. The number of ether oxygens (including phenoxy) is 1. The molecule has 6 nitrogen and oxygen atoms in total. The highest BCUT2D eigenvalue weighted by Gasteiger charge is 2.33. The minimum atomic E-state index is -0.644. The van der Waals surface area contributed by atoms with E-state index in [1.165, 1.54) is 0 Å². The molecule has 0 aliphatic carbocycles. The van der Waals surface area contributed by atoms with Gasteiger partial charge in [-0.05, 0) is 50.5 Å². The topological polar surface area (TPSA) is 73.1 Å². The van der Waals surface area contributed by atoms with Crippen LogP contribution in [0.1, 0.15) is 42.1 Å². The summed E-state index contributed by atoms with van der Waals surface area (Å²) in [4.78, 5) is 12.8. The molecule has 0 bridgehead atoms. The Labute approximate surface area is 140 Å². The summed E-state index contributed by atoms with van der Waals surface area (Å²) in [6.07, 6.45) is 5.96. The smallest absolute Gasteiger partial charge is 0.145 e. The number of aromatic nitrogens is 4. The van der Waals surface area contributed by atoms with Crippen molar-refractivity contribution in [3.05, 3.63) is 53.9 Å². The van der Waals surface area contributed by atoms with Gasteiger partial charge in [-0.3, -0.25) is 4.98 Å². The summed E-state index contributed by atoms with van der Waals surface area (Å²) in [6.45, 7) is 3.89. The number of pyridine rings is 1. The lowest BCUT2D eigenvalue weighted by Gasteiger charge is -2.20. The first-order chi connectivity index (χ1) is 11.6. The van der Waals surface area contributed by atoms with E-state index >= 15 is 0 Å². The molecule has 4 rings (SSSR count). The second-order valence-corrected chi connectivity index (χ2v) is 6.30. The Kier molecular flexibility index (Phi) is 3.78. The second-order valence-electron chi connectivity index (χ2n) is 6.30. The van der Waals surface area contributed by atoms with Crippen molar-refractivity contribution in [1.29, 1.82) is 0 Å². The number of nitrogens with zero attached hydrogens (tertiary/aromatic N) is 4. The minimum Gasteiger partial charge on any atom is -0.386 e. The first kappa shape index (κ1) is 15.2. The fourth-order valence-electron chi connectivity index (χ4n) is 3.38. The standard InChI is InChI=1S/C18H20N4O2/c1-11-9-13(5-7-19-11)17(23)15-3-4-16(24-15)22-8-6-14-12(2)20-10-21-18(14)22/h5-10,15-17,23H,3-4H2,1-2H3. The Bertz CT molecular complexity index is 876. The lowest BCUT2D eigenvalue weighted by atomic mass is 10.0. The lowest BCUT2D eigenvalue weighted by Crippen LogP contribution is -2.19. The number of fused-ring (bicyclic) bond motifs is 1. The summed E-state index contributed by atoms with van der Waals surface area (Å²) in [5, 5.41) is 11.7. The monoisotopic (exact) mass is 324 g/mol. The summed E-state index contributed by atoms with van der Waals surface area (Å²) in [5.74, 6) is 0. The Hall–Kier alpha value is -2.31. The quantitative estimate of drug-likeness (QED) is 0.802. The van der Waals surface area contributed by atoms with E-state index in [1.807, 2.05) is 42.8 Å². The molecule has 3 aromatic rings. The normalized spacial score (nSPS) is 22.1. The summed E-state index contributed by atoms with van der Waals surface area (Å²) < 4.78 is 8.18. The second kappa shape index (κ2) is 5.96. The molecule has 3 unspecified atom stereocenters. The van der Waals surface area contributed by atoms with E-state index in [-0.39, 0.29) is 12.3 Å². The molecule has 0 saturated carbocycles. The van der Waals surface area contributed by atoms with Crippen LogP contribution in [0.3, 0.4) is 0 Å². The van der Waals surface area contributed by atoms with Gasteiger partial charge in [-0.25, -0.2) is 9.97 Å². The molecule has 0 amide bonds. The van der Waals surface area contributed by atoms with Crippen molar-refractivity contribution in [3.8, 4) is 0 Å². The van der Waals surface area contributed by atoms with E-state index in [1.54, 1.807) is 12.5 Å². The number of rotatable bonds is 3. The molecule has 24 heavy (non-hydrogen) atoms. The molecule has 1 saturated heterocycles. The van der Waals surface area contributed by atoms with Gasteiger partial charge in [0.15, 0.2) is 0 Å². The van der Waals surface area contributed by atoms with Crippen LogP contribution in [0.4, 0.5) is 0 Å². The Balaban J connectivity index is 1.57. The number of aryl methyl sites for hydroxylation is 2. The molecule has 3 atom stereocenters. The summed E-state index contributed by atoms with van der Waals surface area (Å²) in [7, 11) is 0. The Morgan fingerprint density at radius 1 is 1.21 bits per heavy atom. The molecule has 1 N–H and O–H groups in total. The van der Waals surface area contributed by atoms with Crippen LogP contribution < -0.4 is 0 Å². The van der Waals surface area contributed by atoms with E-state index in [9.17, 15) is 5.11 Å². The van der Waals surface area contributed by atoms with E-state index < -0.39 is 6.10 Å². The largest absolute Gasteiger partial charge is 0.386 e. The van der Waals surface area contributed by atoms with Gasteiger partial charge in [-0.1, -0.05) is 0 Å². The van der Waals surface area contributed by atoms with E-state index in [0.29, 0.717) is 0 Å². The highest BCUT2D eigenvalue weighted by Crippen LogP contribution is 2.36. The van der Waals surface area contributed by atoms with Gasteiger partial charge in [0, 0.05) is 23.5 Å². The van der Waals surface area contributed by atoms with Gasteiger partial charge in [0.05, 0.1) is 11.8 Å². The van der Waals surface area contributed by atoms with Crippen molar-refractivity contribution in [1.82, 2.24) is 19.5 Å². The van der Waals surface area contributed by atoms with Crippen molar-refractivity contribution >= 4 is 11.0 Å². The van der Waals surface area contributed by atoms with Crippen LogP contribution in [0.15, 0.2) is 36.9 Å². The van der Waals surface area contributed by atoms with Gasteiger partial charge in [-0.15, -0.1) is 0 Å². The summed E-state index contributed by atoms with van der Waals surface area (Å²) in [6, 6.07) is 5.77. The van der Waals surface area contributed by atoms with Crippen LogP contribution in [0.2, 0.25) is 0 Å². The highest BCUT2D eigenvalue weighted by atomic mass is 16.5. The van der Waals surface area contributed by atoms with Crippen LogP contribution in [0, 0.1) is 13.8 Å². The van der Waals surface area contributed by atoms with Crippen LogP contribution in [0.25, 0.3) is 11.0 Å². The number of hydrogen-bond acceptors (Lipinski definition) is 5.